The van der Waals surface area contributed by atoms with E-state index in [0.29, 0.717) is 25.2 Å². The second kappa shape index (κ2) is 5.12. The van der Waals surface area contributed by atoms with Gasteiger partial charge in [0.05, 0.1) is 11.6 Å². The number of aliphatic hydroxyl groups excluding tert-OH is 1. The van der Waals surface area contributed by atoms with Crippen molar-refractivity contribution in [1.29, 1.82) is 0 Å². The molecule has 0 radical (unpaired) electrons. The molecule has 1 heterocycles. The molecule has 5 nitrogen and oxygen atoms in total. The molecule has 1 aliphatic carbocycles. The van der Waals surface area contributed by atoms with E-state index >= 15 is 0 Å². The molecule has 1 aromatic rings. The highest BCUT2D eigenvalue weighted by molar-refractivity contribution is 7.09. The molecule has 1 aliphatic rings. The molecule has 4 N–H and O–H groups in total. The first-order chi connectivity index (χ1) is 8.19. The molecule has 0 bridgehead atoms. The third-order valence-corrected chi connectivity index (χ3v) is 3.97. The second-order valence-corrected chi connectivity index (χ2v) is 5.45. The lowest BCUT2D eigenvalue weighted by Gasteiger charge is -2.11. The molecule has 1 fully saturated rings. The first kappa shape index (κ1) is 12.5. The van der Waals surface area contributed by atoms with Gasteiger partial charge in [-0.25, -0.2) is 4.98 Å². The van der Waals surface area contributed by atoms with E-state index in [1.165, 1.54) is 11.3 Å². The third kappa shape index (κ3) is 3.02. The molecule has 0 saturated heterocycles. The maximum absolute atomic E-state index is 11.8. The minimum Gasteiger partial charge on any atom is -0.396 e. The second-order valence-electron chi connectivity index (χ2n) is 4.51. The average molecular weight is 255 g/mol. The number of aliphatic hydroxyl groups is 1. The largest absolute Gasteiger partial charge is 0.396 e. The summed E-state index contributed by atoms with van der Waals surface area (Å²) in [6.07, 6.45) is 2.68. The Bertz CT molecular complexity index is 401. The van der Waals surface area contributed by atoms with Crippen LogP contribution in [0.3, 0.4) is 0 Å². The van der Waals surface area contributed by atoms with E-state index in [9.17, 15) is 4.79 Å². The number of carbonyl (C=O) groups excluding carboxylic acids is 1. The standard InChI is InChI=1S/C11H17N3O2S/c12-4-1-9-14-8(5-17-9)10(16)13-6-11(7-15)2-3-11/h5,15H,1-4,6-7,12H2,(H,13,16). The number of hydrogen-bond acceptors (Lipinski definition) is 5. The summed E-state index contributed by atoms with van der Waals surface area (Å²) in [5.41, 5.74) is 5.81. The minimum atomic E-state index is -0.163. The Morgan fingerprint density at radius 1 is 1.65 bits per heavy atom. The molecule has 6 heteroatoms. The van der Waals surface area contributed by atoms with Gasteiger partial charge < -0.3 is 16.2 Å². The van der Waals surface area contributed by atoms with Gasteiger partial charge in [-0.1, -0.05) is 0 Å². The maximum atomic E-state index is 11.8. The Labute approximate surface area is 104 Å². The van der Waals surface area contributed by atoms with E-state index < -0.39 is 0 Å². The highest BCUT2D eigenvalue weighted by atomic mass is 32.1. The van der Waals surface area contributed by atoms with Crippen LogP contribution in [0.2, 0.25) is 0 Å². The predicted octanol–water partition coefficient (Wildman–Crippen LogP) is 0.147. The van der Waals surface area contributed by atoms with E-state index in [0.717, 1.165) is 17.8 Å². The number of nitrogens with one attached hydrogen (secondary N) is 1. The van der Waals surface area contributed by atoms with Gasteiger partial charge >= 0.3 is 0 Å². The number of nitrogens with two attached hydrogens (primary N) is 1. The lowest BCUT2D eigenvalue weighted by Crippen LogP contribution is -2.32. The van der Waals surface area contributed by atoms with Crippen molar-refractivity contribution in [3.8, 4) is 0 Å². The molecule has 0 atom stereocenters. The minimum absolute atomic E-state index is 0.0637. The highest BCUT2D eigenvalue weighted by Gasteiger charge is 2.42. The quantitative estimate of drug-likeness (QED) is 0.675. The van der Waals surface area contributed by atoms with Gasteiger partial charge in [-0.2, -0.15) is 0 Å². The normalized spacial score (nSPS) is 16.8. The first-order valence-corrected chi connectivity index (χ1v) is 6.61. The smallest absolute Gasteiger partial charge is 0.270 e. The summed E-state index contributed by atoms with van der Waals surface area (Å²) in [6, 6.07) is 0. The fourth-order valence-corrected chi connectivity index (χ4v) is 2.37. The Morgan fingerprint density at radius 3 is 3.00 bits per heavy atom. The summed E-state index contributed by atoms with van der Waals surface area (Å²) in [4.78, 5) is 16.0. The van der Waals surface area contributed by atoms with Gasteiger partial charge in [0.25, 0.3) is 5.91 Å². The van der Waals surface area contributed by atoms with Gasteiger partial charge in [0.2, 0.25) is 0 Å². The summed E-state index contributed by atoms with van der Waals surface area (Å²) in [5.74, 6) is -0.163. The highest BCUT2D eigenvalue weighted by Crippen LogP contribution is 2.44. The molecular weight excluding hydrogens is 238 g/mol. The van der Waals surface area contributed by atoms with Crippen LogP contribution in [0.4, 0.5) is 0 Å². The number of amides is 1. The summed E-state index contributed by atoms with van der Waals surface area (Å²) >= 11 is 1.46. The van der Waals surface area contributed by atoms with Crippen LogP contribution in [0.25, 0.3) is 0 Å². The van der Waals surface area contributed by atoms with E-state index in [1.54, 1.807) is 5.38 Å². The SMILES string of the molecule is NCCc1nc(C(=O)NCC2(CO)CC2)cs1. The molecule has 1 saturated carbocycles. The zero-order valence-corrected chi connectivity index (χ0v) is 10.4. The van der Waals surface area contributed by atoms with Gasteiger partial charge in [-0.05, 0) is 19.4 Å². The van der Waals surface area contributed by atoms with Crippen molar-refractivity contribution in [1.82, 2.24) is 10.3 Å². The number of rotatable bonds is 6. The van der Waals surface area contributed by atoms with Crippen LogP contribution >= 0.6 is 11.3 Å². The van der Waals surface area contributed by atoms with Crippen molar-refractivity contribution in [2.24, 2.45) is 11.1 Å². The van der Waals surface area contributed by atoms with Gasteiger partial charge in [0, 0.05) is 23.8 Å². The monoisotopic (exact) mass is 255 g/mol. The van der Waals surface area contributed by atoms with Crippen molar-refractivity contribution >= 4 is 17.2 Å². The van der Waals surface area contributed by atoms with Crippen LogP contribution in [-0.4, -0.2) is 35.7 Å². The van der Waals surface area contributed by atoms with Crippen molar-refractivity contribution in [3.05, 3.63) is 16.1 Å². The van der Waals surface area contributed by atoms with Gasteiger partial charge in [-0.3, -0.25) is 4.79 Å². The van der Waals surface area contributed by atoms with E-state index in [-0.39, 0.29) is 17.9 Å². The number of thiazole rings is 1. The summed E-state index contributed by atoms with van der Waals surface area (Å²) in [6.45, 7) is 1.22. The Balaban J connectivity index is 1.86. The van der Waals surface area contributed by atoms with Crippen LogP contribution in [0.5, 0.6) is 0 Å². The number of nitrogens with zero attached hydrogens (tertiary/aromatic N) is 1. The molecule has 94 valence electrons. The zero-order valence-electron chi connectivity index (χ0n) is 9.61. The Hall–Kier alpha value is -0.980. The van der Waals surface area contributed by atoms with Crippen molar-refractivity contribution in [2.45, 2.75) is 19.3 Å². The fourth-order valence-electron chi connectivity index (χ4n) is 1.58. The molecule has 0 unspecified atom stereocenters. The molecular formula is C11H17N3O2S. The third-order valence-electron chi connectivity index (χ3n) is 3.06. The molecule has 1 aromatic heterocycles. The van der Waals surface area contributed by atoms with Crippen LogP contribution < -0.4 is 11.1 Å². The summed E-state index contributed by atoms with van der Waals surface area (Å²) in [7, 11) is 0. The average Bonchev–Trinajstić information content (AvgIpc) is 2.98. The first-order valence-electron chi connectivity index (χ1n) is 5.73. The number of carbonyl (C=O) groups is 1. The van der Waals surface area contributed by atoms with Gasteiger partial charge in [0.15, 0.2) is 0 Å². The van der Waals surface area contributed by atoms with Gasteiger partial charge in [0.1, 0.15) is 5.69 Å². The molecule has 1 amide bonds. The maximum Gasteiger partial charge on any atom is 0.270 e. The molecule has 0 aromatic carbocycles. The lowest BCUT2D eigenvalue weighted by molar-refractivity contribution is 0.0930. The fraction of sp³-hybridized carbons (Fsp3) is 0.636. The van der Waals surface area contributed by atoms with E-state index in [4.69, 9.17) is 10.8 Å². The van der Waals surface area contributed by atoms with Crippen molar-refractivity contribution < 1.29 is 9.90 Å². The Morgan fingerprint density at radius 2 is 2.41 bits per heavy atom. The van der Waals surface area contributed by atoms with Crippen LogP contribution in [-0.2, 0) is 6.42 Å². The van der Waals surface area contributed by atoms with Crippen molar-refractivity contribution in [3.63, 3.8) is 0 Å². The van der Waals surface area contributed by atoms with Crippen LogP contribution in [0.1, 0.15) is 28.3 Å². The van der Waals surface area contributed by atoms with Crippen LogP contribution in [0, 0.1) is 5.41 Å². The van der Waals surface area contributed by atoms with E-state index in [1.807, 2.05) is 0 Å². The summed E-state index contributed by atoms with van der Waals surface area (Å²) < 4.78 is 0. The zero-order chi connectivity index (χ0) is 12.3. The topological polar surface area (TPSA) is 88.2 Å². The Kier molecular flexibility index (Phi) is 3.76. The number of aromatic nitrogens is 1. The lowest BCUT2D eigenvalue weighted by atomic mass is 10.1. The number of hydrogen-bond donors (Lipinski definition) is 3. The van der Waals surface area contributed by atoms with E-state index in [2.05, 4.69) is 10.3 Å². The summed E-state index contributed by atoms with van der Waals surface area (Å²) in [5, 5.41) is 14.6. The van der Waals surface area contributed by atoms with Crippen molar-refractivity contribution in [2.75, 3.05) is 19.7 Å². The van der Waals surface area contributed by atoms with Gasteiger partial charge in [-0.15, -0.1) is 11.3 Å². The predicted molar refractivity (Wildman–Crippen MR) is 66.0 cm³/mol. The molecule has 2 rings (SSSR count). The molecule has 17 heavy (non-hydrogen) atoms. The molecule has 0 aliphatic heterocycles. The van der Waals surface area contributed by atoms with Crippen LogP contribution in [0.15, 0.2) is 5.38 Å². The molecule has 0 spiro atoms.